The highest BCUT2D eigenvalue weighted by atomic mass is 32.1. The second-order valence-electron chi connectivity index (χ2n) is 4.88. The third-order valence-corrected chi connectivity index (χ3v) is 4.36. The number of hydrogen-bond donors (Lipinski definition) is 2. The molecule has 0 saturated heterocycles. The third-order valence-electron chi connectivity index (χ3n) is 3.47. The van der Waals surface area contributed by atoms with E-state index < -0.39 is 0 Å². The lowest BCUT2D eigenvalue weighted by molar-refractivity contribution is -0.124. The standard InChI is InChI=1S/C15H17N5OS/c1-2-12(20-7-4-6-18-20)15(21)16-9-11-10-17-19-14(11)13-5-3-8-22-13/h3-8,10,12H,2,9H2,1H3,(H,16,21)(H,17,19)/t12-/m0/s1. The molecule has 3 rings (SSSR count). The Morgan fingerprint density at radius 1 is 1.50 bits per heavy atom. The minimum Gasteiger partial charge on any atom is -0.350 e. The van der Waals surface area contributed by atoms with Gasteiger partial charge in [0.2, 0.25) is 5.91 Å². The van der Waals surface area contributed by atoms with E-state index in [0.717, 1.165) is 16.1 Å². The number of aromatic amines is 1. The highest BCUT2D eigenvalue weighted by molar-refractivity contribution is 7.13. The molecule has 7 heteroatoms. The fraction of sp³-hybridized carbons (Fsp3) is 0.267. The lowest BCUT2D eigenvalue weighted by Gasteiger charge is -2.15. The summed E-state index contributed by atoms with van der Waals surface area (Å²) in [7, 11) is 0. The van der Waals surface area contributed by atoms with E-state index in [1.165, 1.54) is 0 Å². The summed E-state index contributed by atoms with van der Waals surface area (Å²) < 4.78 is 1.69. The van der Waals surface area contributed by atoms with Crippen LogP contribution in [0.25, 0.3) is 10.6 Å². The molecule has 0 fully saturated rings. The highest BCUT2D eigenvalue weighted by Crippen LogP contribution is 2.25. The maximum atomic E-state index is 12.4. The van der Waals surface area contributed by atoms with Crippen molar-refractivity contribution >= 4 is 17.2 Å². The largest absolute Gasteiger partial charge is 0.350 e. The van der Waals surface area contributed by atoms with Crippen LogP contribution in [-0.2, 0) is 11.3 Å². The maximum Gasteiger partial charge on any atom is 0.245 e. The van der Waals surface area contributed by atoms with Crippen LogP contribution >= 0.6 is 11.3 Å². The molecule has 0 aromatic carbocycles. The number of thiophene rings is 1. The van der Waals surface area contributed by atoms with Crippen molar-refractivity contribution in [2.45, 2.75) is 25.9 Å². The maximum absolute atomic E-state index is 12.4. The van der Waals surface area contributed by atoms with Gasteiger partial charge in [-0.25, -0.2) is 0 Å². The predicted octanol–water partition coefficient (Wildman–Crippen LogP) is 2.60. The molecule has 0 aliphatic carbocycles. The first-order valence-corrected chi connectivity index (χ1v) is 8.00. The van der Waals surface area contributed by atoms with Gasteiger partial charge in [0.05, 0.1) is 16.8 Å². The van der Waals surface area contributed by atoms with Crippen molar-refractivity contribution in [1.29, 1.82) is 0 Å². The van der Waals surface area contributed by atoms with Crippen LogP contribution in [0.4, 0.5) is 0 Å². The zero-order valence-electron chi connectivity index (χ0n) is 12.2. The van der Waals surface area contributed by atoms with Gasteiger partial charge in [0.15, 0.2) is 0 Å². The average molecular weight is 315 g/mol. The van der Waals surface area contributed by atoms with Gasteiger partial charge in [0.25, 0.3) is 0 Å². The van der Waals surface area contributed by atoms with Crippen molar-refractivity contribution in [2.24, 2.45) is 0 Å². The summed E-state index contributed by atoms with van der Waals surface area (Å²) in [5, 5.41) is 16.2. The molecule has 0 bridgehead atoms. The molecular formula is C15H17N5OS. The zero-order chi connectivity index (χ0) is 15.4. The van der Waals surface area contributed by atoms with Crippen LogP contribution in [0.2, 0.25) is 0 Å². The van der Waals surface area contributed by atoms with Gasteiger partial charge in [-0.15, -0.1) is 11.3 Å². The van der Waals surface area contributed by atoms with Gasteiger partial charge in [-0.1, -0.05) is 13.0 Å². The molecule has 0 aliphatic heterocycles. The summed E-state index contributed by atoms with van der Waals surface area (Å²) in [5.41, 5.74) is 1.94. The number of aromatic nitrogens is 4. The van der Waals surface area contributed by atoms with Gasteiger partial charge in [0, 0.05) is 24.5 Å². The molecule has 1 atom stereocenters. The smallest absolute Gasteiger partial charge is 0.245 e. The number of amides is 1. The SMILES string of the molecule is CC[C@@H](C(=O)NCc1cn[nH]c1-c1cccs1)n1cccn1. The Morgan fingerprint density at radius 2 is 2.41 bits per heavy atom. The summed E-state index contributed by atoms with van der Waals surface area (Å²) in [6.07, 6.45) is 5.93. The molecule has 0 aliphatic rings. The van der Waals surface area contributed by atoms with Gasteiger partial charge in [-0.05, 0) is 23.9 Å². The molecule has 0 saturated carbocycles. The molecule has 2 N–H and O–H groups in total. The van der Waals surface area contributed by atoms with Gasteiger partial charge >= 0.3 is 0 Å². The molecule has 0 unspecified atom stereocenters. The van der Waals surface area contributed by atoms with Crippen molar-refractivity contribution < 1.29 is 4.79 Å². The monoisotopic (exact) mass is 315 g/mol. The van der Waals surface area contributed by atoms with Crippen molar-refractivity contribution in [3.8, 4) is 10.6 Å². The Kier molecular flexibility index (Phi) is 4.34. The number of H-pyrrole nitrogens is 1. The lowest BCUT2D eigenvalue weighted by atomic mass is 10.2. The van der Waals surface area contributed by atoms with Crippen LogP contribution in [0.3, 0.4) is 0 Å². The van der Waals surface area contributed by atoms with Crippen molar-refractivity contribution in [2.75, 3.05) is 0 Å². The van der Waals surface area contributed by atoms with Crippen molar-refractivity contribution in [3.05, 3.63) is 47.7 Å². The summed E-state index contributed by atoms with van der Waals surface area (Å²) in [4.78, 5) is 13.5. The van der Waals surface area contributed by atoms with Crippen LogP contribution in [0.1, 0.15) is 24.9 Å². The molecule has 3 aromatic rings. The number of nitrogens with zero attached hydrogens (tertiary/aromatic N) is 3. The van der Waals surface area contributed by atoms with Crippen LogP contribution in [0.15, 0.2) is 42.2 Å². The first-order chi connectivity index (χ1) is 10.8. The molecule has 0 spiro atoms. The van der Waals surface area contributed by atoms with Crippen LogP contribution in [-0.4, -0.2) is 25.9 Å². The van der Waals surface area contributed by atoms with E-state index in [-0.39, 0.29) is 11.9 Å². The number of nitrogens with one attached hydrogen (secondary N) is 2. The minimum absolute atomic E-state index is 0.0375. The summed E-state index contributed by atoms with van der Waals surface area (Å²) in [6.45, 7) is 2.42. The molecule has 6 nitrogen and oxygen atoms in total. The van der Waals surface area contributed by atoms with E-state index >= 15 is 0 Å². The second-order valence-corrected chi connectivity index (χ2v) is 5.82. The van der Waals surface area contributed by atoms with E-state index in [2.05, 4.69) is 20.6 Å². The van der Waals surface area contributed by atoms with Crippen molar-refractivity contribution in [1.82, 2.24) is 25.3 Å². The zero-order valence-corrected chi connectivity index (χ0v) is 13.0. The van der Waals surface area contributed by atoms with E-state index in [4.69, 9.17) is 0 Å². The topological polar surface area (TPSA) is 75.6 Å². The molecular weight excluding hydrogens is 298 g/mol. The molecule has 22 heavy (non-hydrogen) atoms. The summed E-state index contributed by atoms with van der Waals surface area (Å²) >= 11 is 1.64. The summed E-state index contributed by atoms with van der Waals surface area (Å²) in [6, 6.07) is 5.56. The van der Waals surface area contributed by atoms with Crippen LogP contribution in [0.5, 0.6) is 0 Å². The fourth-order valence-electron chi connectivity index (χ4n) is 2.34. The molecule has 3 aromatic heterocycles. The Hall–Kier alpha value is -2.41. The summed E-state index contributed by atoms with van der Waals surface area (Å²) in [5.74, 6) is -0.0375. The number of rotatable bonds is 6. The van der Waals surface area contributed by atoms with E-state index in [9.17, 15) is 4.79 Å². The van der Waals surface area contributed by atoms with Crippen LogP contribution < -0.4 is 5.32 Å². The Morgan fingerprint density at radius 3 is 3.09 bits per heavy atom. The minimum atomic E-state index is -0.285. The quantitative estimate of drug-likeness (QED) is 0.734. The Labute approximate surface area is 132 Å². The lowest BCUT2D eigenvalue weighted by Crippen LogP contribution is -2.32. The van der Waals surface area contributed by atoms with Gasteiger partial charge in [-0.2, -0.15) is 10.2 Å². The van der Waals surface area contributed by atoms with E-state index in [1.54, 1.807) is 28.4 Å². The van der Waals surface area contributed by atoms with Crippen LogP contribution in [0, 0.1) is 0 Å². The predicted molar refractivity (Wildman–Crippen MR) is 85.3 cm³/mol. The molecule has 0 radical (unpaired) electrons. The number of carbonyl (C=O) groups is 1. The Balaban J connectivity index is 1.68. The highest BCUT2D eigenvalue weighted by Gasteiger charge is 2.19. The Bertz CT molecular complexity index is 717. The molecule has 1 amide bonds. The van der Waals surface area contributed by atoms with E-state index in [0.29, 0.717) is 13.0 Å². The third kappa shape index (κ3) is 2.94. The molecule has 3 heterocycles. The fourth-order valence-corrected chi connectivity index (χ4v) is 3.09. The second kappa shape index (κ2) is 6.57. The normalized spacial score (nSPS) is 12.2. The number of carbonyl (C=O) groups excluding carboxylic acids is 1. The van der Waals surface area contributed by atoms with E-state index in [1.807, 2.05) is 36.7 Å². The van der Waals surface area contributed by atoms with Crippen molar-refractivity contribution in [3.63, 3.8) is 0 Å². The first kappa shape index (κ1) is 14.5. The van der Waals surface area contributed by atoms with Gasteiger partial charge in [-0.3, -0.25) is 14.6 Å². The average Bonchev–Trinajstić information content (AvgIpc) is 3.26. The number of hydrogen-bond acceptors (Lipinski definition) is 4. The first-order valence-electron chi connectivity index (χ1n) is 7.12. The molecule has 114 valence electrons. The van der Waals surface area contributed by atoms with Gasteiger partial charge in [0.1, 0.15) is 6.04 Å². The van der Waals surface area contributed by atoms with Gasteiger partial charge < -0.3 is 5.32 Å².